The van der Waals surface area contributed by atoms with Crippen molar-refractivity contribution in [3.8, 4) is 17.2 Å². The third kappa shape index (κ3) is 3.17. The van der Waals surface area contributed by atoms with E-state index >= 15 is 0 Å². The lowest BCUT2D eigenvalue weighted by molar-refractivity contribution is -0.128. The highest BCUT2D eigenvalue weighted by Gasteiger charge is 2.39. The van der Waals surface area contributed by atoms with Crippen molar-refractivity contribution in [2.24, 2.45) is 0 Å². The Labute approximate surface area is 126 Å². The normalized spacial score (nSPS) is 15.6. The number of fused-ring (bicyclic) bond motifs is 1. The maximum Gasteiger partial charge on any atom is 0.491 e. The molecule has 0 aromatic heterocycles. The molecule has 0 spiro atoms. The van der Waals surface area contributed by atoms with Gasteiger partial charge in [0.25, 0.3) is 0 Å². The van der Waals surface area contributed by atoms with E-state index in [-0.39, 0.29) is 27.8 Å². The standard InChI is InChI=1S/C12H14BClO7/c1-12(2)20-10-8(11(15)21-12)7(18-3)4-6(14)9(10)19-5-13(16)17/h4,16-17H,5H2,1-3H3. The van der Waals surface area contributed by atoms with Gasteiger partial charge < -0.3 is 29.0 Å². The molecular weight excluding hydrogens is 302 g/mol. The summed E-state index contributed by atoms with van der Waals surface area (Å²) in [4.78, 5) is 12.1. The van der Waals surface area contributed by atoms with Gasteiger partial charge in [-0.1, -0.05) is 11.6 Å². The van der Waals surface area contributed by atoms with Gasteiger partial charge in [-0.15, -0.1) is 0 Å². The molecule has 1 aliphatic heterocycles. The first-order chi connectivity index (χ1) is 9.75. The Morgan fingerprint density at radius 1 is 1.38 bits per heavy atom. The molecule has 0 bridgehead atoms. The molecule has 2 N–H and O–H groups in total. The number of carbonyl (C=O) groups excluding carboxylic acids is 1. The van der Waals surface area contributed by atoms with Crippen LogP contribution < -0.4 is 14.2 Å². The van der Waals surface area contributed by atoms with Crippen LogP contribution in [0.3, 0.4) is 0 Å². The molecule has 114 valence electrons. The molecule has 0 saturated heterocycles. The van der Waals surface area contributed by atoms with Gasteiger partial charge in [0.1, 0.15) is 17.8 Å². The third-order valence-electron chi connectivity index (χ3n) is 2.64. The lowest BCUT2D eigenvalue weighted by Gasteiger charge is -2.33. The Hall–Kier alpha value is -1.64. The minimum atomic E-state index is -1.69. The lowest BCUT2D eigenvalue weighted by atomic mass is 9.95. The van der Waals surface area contributed by atoms with Gasteiger partial charge in [0.15, 0.2) is 11.5 Å². The van der Waals surface area contributed by atoms with Crippen molar-refractivity contribution < 1.29 is 33.8 Å². The van der Waals surface area contributed by atoms with Crippen molar-refractivity contribution in [3.05, 3.63) is 16.7 Å². The third-order valence-corrected chi connectivity index (χ3v) is 2.92. The Bertz CT molecular complexity index is 573. The second-order valence-electron chi connectivity index (χ2n) is 4.78. The van der Waals surface area contributed by atoms with E-state index in [9.17, 15) is 4.79 Å². The van der Waals surface area contributed by atoms with Gasteiger partial charge in [-0.05, 0) is 0 Å². The zero-order chi connectivity index (χ0) is 15.8. The molecule has 0 aliphatic carbocycles. The topological polar surface area (TPSA) is 94.5 Å². The molecule has 0 saturated carbocycles. The van der Waals surface area contributed by atoms with Gasteiger partial charge in [-0.2, -0.15) is 0 Å². The van der Waals surface area contributed by atoms with Crippen LogP contribution in [0.5, 0.6) is 17.2 Å². The number of cyclic esters (lactones) is 1. The van der Waals surface area contributed by atoms with E-state index in [4.69, 9.17) is 40.6 Å². The van der Waals surface area contributed by atoms with Crippen LogP contribution in [0.25, 0.3) is 0 Å². The molecular formula is C12H14BClO7. The van der Waals surface area contributed by atoms with Crippen LogP contribution in [0.4, 0.5) is 0 Å². The molecule has 0 atom stereocenters. The number of ether oxygens (including phenoxy) is 4. The predicted octanol–water partition coefficient (Wildman–Crippen LogP) is 1.02. The molecule has 1 aromatic carbocycles. The molecule has 0 radical (unpaired) electrons. The fraction of sp³-hybridized carbons (Fsp3) is 0.417. The van der Waals surface area contributed by atoms with Crippen molar-refractivity contribution >= 4 is 24.7 Å². The van der Waals surface area contributed by atoms with E-state index < -0.39 is 25.4 Å². The first-order valence-electron chi connectivity index (χ1n) is 6.07. The van der Waals surface area contributed by atoms with Crippen LogP contribution in [-0.4, -0.2) is 42.5 Å². The van der Waals surface area contributed by atoms with E-state index in [0.717, 1.165) is 0 Å². The molecule has 0 fully saturated rings. The number of methoxy groups -OCH3 is 1. The van der Waals surface area contributed by atoms with E-state index in [2.05, 4.69) is 0 Å². The highest BCUT2D eigenvalue weighted by Crippen LogP contribution is 2.47. The fourth-order valence-electron chi connectivity index (χ4n) is 1.87. The minimum Gasteiger partial charge on any atom is -0.496 e. The monoisotopic (exact) mass is 316 g/mol. The SMILES string of the molecule is COc1cc(Cl)c(OCB(O)O)c2c1C(=O)OC(C)(C)O2. The Morgan fingerprint density at radius 3 is 2.62 bits per heavy atom. The number of rotatable bonds is 4. The summed E-state index contributed by atoms with van der Waals surface area (Å²) in [5, 5.41) is 17.9. The van der Waals surface area contributed by atoms with E-state index in [1.54, 1.807) is 13.8 Å². The molecule has 0 amide bonds. The van der Waals surface area contributed by atoms with Crippen LogP contribution in [0.1, 0.15) is 24.2 Å². The largest absolute Gasteiger partial charge is 0.496 e. The lowest BCUT2D eigenvalue weighted by Crippen LogP contribution is -2.39. The number of halogens is 1. The Kier molecular flexibility index (Phi) is 4.22. The highest BCUT2D eigenvalue weighted by atomic mass is 35.5. The second kappa shape index (κ2) is 5.63. The number of benzene rings is 1. The summed E-state index contributed by atoms with van der Waals surface area (Å²) < 4.78 is 21.0. The molecule has 21 heavy (non-hydrogen) atoms. The van der Waals surface area contributed by atoms with Crippen molar-refractivity contribution in [1.82, 2.24) is 0 Å². The van der Waals surface area contributed by atoms with Crippen LogP contribution in [0.2, 0.25) is 5.02 Å². The number of hydrogen-bond donors (Lipinski definition) is 2. The van der Waals surface area contributed by atoms with Gasteiger partial charge in [-0.3, -0.25) is 0 Å². The smallest absolute Gasteiger partial charge is 0.491 e. The summed E-state index contributed by atoms with van der Waals surface area (Å²) in [5.41, 5.74) is 0.0312. The number of hydrogen-bond acceptors (Lipinski definition) is 7. The molecule has 1 heterocycles. The molecule has 9 heteroatoms. The molecule has 7 nitrogen and oxygen atoms in total. The Morgan fingerprint density at radius 2 is 2.05 bits per heavy atom. The fourth-order valence-corrected chi connectivity index (χ4v) is 2.11. The van der Waals surface area contributed by atoms with Crippen LogP contribution in [0, 0.1) is 0 Å². The molecule has 0 unspecified atom stereocenters. The quantitative estimate of drug-likeness (QED) is 0.632. The first-order valence-corrected chi connectivity index (χ1v) is 6.44. The molecule has 1 aromatic rings. The number of carbonyl (C=O) groups is 1. The summed E-state index contributed by atoms with van der Waals surface area (Å²) in [7, 11) is -0.320. The minimum absolute atomic E-state index is 0.0188. The van der Waals surface area contributed by atoms with E-state index in [1.807, 2.05) is 0 Å². The van der Waals surface area contributed by atoms with Gasteiger partial charge in [0.2, 0.25) is 5.79 Å². The van der Waals surface area contributed by atoms with Gasteiger partial charge in [0, 0.05) is 19.9 Å². The summed E-state index contributed by atoms with van der Waals surface area (Å²) in [5.74, 6) is -1.63. The first kappa shape index (κ1) is 15.7. The summed E-state index contributed by atoms with van der Waals surface area (Å²) in [6, 6.07) is 1.36. The van der Waals surface area contributed by atoms with Crippen LogP contribution >= 0.6 is 11.6 Å². The average Bonchev–Trinajstić information content (AvgIpc) is 2.34. The van der Waals surface area contributed by atoms with E-state index in [1.165, 1.54) is 13.2 Å². The van der Waals surface area contributed by atoms with Gasteiger partial charge in [-0.25, -0.2) is 4.79 Å². The van der Waals surface area contributed by atoms with E-state index in [0.29, 0.717) is 0 Å². The predicted molar refractivity (Wildman–Crippen MR) is 73.8 cm³/mol. The Balaban J connectivity index is 2.56. The zero-order valence-corrected chi connectivity index (χ0v) is 12.4. The zero-order valence-electron chi connectivity index (χ0n) is 11.7. The maximum atomic E-state index is 12.1. The van der Waals surface area contributed by atoms with Crippen molar-refractivity contribution in [2.45, 2.75) is 19.6 Å². The van der Waals surface area contributed by atoms with Crippen molar-refractivity contribution in [1.29, 1.82) is 0 Å². The average molecular weight is 317 g/mol. The summed E-state index contributed by atoms with van der Waals surface area (Å²) >= 11 is 6.07. The molecule has 1 aliphatic rings. The second-order valence-corrected chi connectivity index (χ2v) is 5.18. The van der Waals surface area contributed by atoms with Crippen LogP contribution in [0.15, 0.2) is 6.07 Å². The van der Waals surface area contributed by atoms with Crippen molar-refractivity contribution in [3.63, 3.8) is 0 Å². The van der Waals surface area contributed by atoms with Gasteiger partial charge in [0.05, 0.1) is 12.1 Å². The highest BCUT2D eigenvalue weighted by molar-refractivity contribution is 6.41. The van der Waals surface area contributed by atoms with Gasteiger partial charge >= 0.3 is 13.1 Å². The van der Waals surface area contributed by atoms with Crippen LogP contribution in [-0.2, 0) is 4.74 Å². The molecule has 2 rings (SSSR count). The maximum absolute atomic E-state index is 12.1. The van der Waals surface area contributed by atoms with Crippen molar-refractivity contribution in [2.75, 3.05) is 13.6 Å². The number of esters is 1. The summed E-state index contributed by atoms with van der Waals surface area (Å²) in [6.45, 7) is 2.66. The summed E-state index contributed by atoms with van der Waals surface area (Å²) in [6.07, 6.45) is 0.